The molecule has 1 saturated heterocycles. The zero-order chi connectivity index (χ0) is 12.3. The SMILES string of the molecule is COc1cccc(C(=O)NC[C@@H]2CO2)c1OC. The lowest BCUT2D eigenvalue weighted by Gasteiger charge is -2.12. The number of nitrogens with one attached hydrogen (secondary N) is 1. The minimum atomic E-state index is -0.184. The van der Waals surface area contributed by atoms with E-state index in [0.717, 1.165) is 6.61 Å². The third kappa shape index (κ3) is 2.68. The highest BCUT2D eigenvalue weighted by molar-refractivity contribution is 5.97. The van der Waals surface area contributed by atoms with Crippen LogP contribution in [-0.4, -0.2) is 39.4 Å². The van der Waals surface area contributed by atoms with Gasteiger partial charge in [0, 0.05) is 6.54 Å². The molecule has 5 nitrogen and oxygen atoms in total. The average Bonchev–Trinajstić information content (AvgIpc) is 3.18. The number of hydrogen-bond donors (Lipinski definition) is 1. The summed E-state index contributed by atoms with van der Waals surface area (Å²) in [5.41, 5.74) is 0.465. The molecule has 1 aliphatic heterocycles. The van der Waals surface area contributed by atoms with E-state index < -0.39 is 0 Å². The fourth-order valence-electron chi connectivity index (χ4n) is 1.55. The van der Waals surface area contributed by atoms with E-state index in [1.165, 1.54) is 14.2 Å². The molecule has 1 aromatic rings. The number of para-hydroxylation sites is 1. The molecule has 5 heteroatoms. The van der Waals surface area contributed by atoms with E-state index in [9.17, 15) is 4.79 Å². The smallest absolute Gasteiger partial charge is 0.255 e. The first-order valence-electron chi connectivity index (χ1n) is 5.37. The van der Waals surface area contributed by atoms with E-state index in [-0.39, 0.29) is 12.0 Å². The van der Waals surface area contributed by atoms with Crippen molar-refractivity contribution in [3.05, 3.63) is 23.8 Å². The minimum absolute atomic E-state index is 0.163. The second-order valence-electron chi connectivity index (χ2n) is 3.71. The van der Waals surface area contributed by atoms with Crippen LogP contribution in [0.5, 0.6) is 11.5 Å². The summed E-state index contributed by atoms with van der Waals surface area (Å²) >= 11 is 0. The summed E-state index contributed by atoms with van der Waals surface area (Å²) < 4.78 is 15.4. The summed E-state index contributed by atoms with van der Waals surface area (Å²) in [7, 11) is 3.05. The van der Waals surface area contributed by atoms with Crippen molar-refractivity contribution < 1.29 is 19.0 Å². The van der Waals surface area contributed by atoms with Gasteiger partial charge in [-0.25, -0.2) is 0 Å². The van der Waals surface area contributed by atoms with Crippen LogP contribution in [0.15, 0.2) is 18.2 Å². The van der Waals surface area contributed by atoms with Crippen LogP contribution in [0.1, 0.15) is 10.4 Å². The number of benzene rings is 1. The van der Waals surface area contributed by atoms with Gasteiger partial charge < -0.3 is 19.5 Å². The van der Waals surface area contributed by atoms with Crippen LogP contribution in [0.3, 0.4) is 0 Å². The molecule has 1 aromatic carbocycles. The molecule has 1 fully saturated rings. The van der Waals surface area contributed by atoms with Crippen LogP contribution in [-0.2, 0) is 4.74 Å². The molecule has 2 rings (SSSR count). The predicted octanol–water partition coefficient (Wildman–Crippen LogP) is 0.832. The molecule has 17 heavy (non-hydrogen) atoms. The average molecular weight is 237 g/mol. The largest absolute Gasteiger partial charge is 0.493 e. The van der Waals surface area contributed by atoms with E-state index >= 15 is 0 Å². The first-order valence-corrected chi connectivity index (χ1v) is 5.37. The third-order valence-corrected chi connectivity index (χ3v) is 2.54. The summed E-state index contributed by atoms with van der Waals surface area (Å²) in [5.74, 6) is 0.809. The van der Waals surface area contributed by atoms with Crippen LogP contribution < -0.4 is 14.8 Å². The van der Waals surface area contributed by atoms with E-state index in [1.54, 1.807) is 18.2 Å². The van der Waals surface area contributed by atoms with Crippen LogP contribution in [0.4, 0.5) is 0 Å². The Bertz CT molecular complexity index is 415. The number of carbonyl (C=O) groups excluding carboxylic acids is 1. The molecule has 0 aliphatic carbocycles. The molecule has 1 heterocycles. The number of hydrogen-bond acceptors (Lipinski definition) is 4. The lowest BCUT2D eigenvalue weighted by Crippen LogP contribution is -2.27. The van der Waals surface area contributed by atoms with Crippen LogP contribution in [0.2, 0.25) is 0 Å². The van der Waals surface area contributed by atoms with Crippen molar-refractivity contribution in [3.8, 4) is 11.5 Å². The van der Waals surface area contributed by atoms with Gasteiger partial charge in [0.05, 0.1) is 32.5 Å². The number of ether oxygens (including phenoxy) is 3. The third-order valence-electron chi connectivity index (χ3n) is 2.54. The van der Waals surface area contributed by atoms with Crippen molar-refractivity contribution in [2.75, 3.05) is 27.4 Å². The molecule has 0 unspecified atom stereocenters. The van der Waals surface area contributed by atoms with Gasteiger partial charge >= 0.3 is 0 Å². The second-order valence-corrected chi connectivity index (χ2v) is 3.71. The molecule has 1 amide bonds. The van der Waals surface area contributed by atoms with Crippen LogP contribution in [0.25, 0.3) is 0 Å². The first-order chi connectivity index (χ1) is 8.26. The van der Waals surface area contributed by atoms with Gasteiger partial charge in [-0.2, -0.15) is 0 Å². The number of carbonyl (C=O) groups is 1. The number of rotatable bonds is 5. The monoisotopic (exact) mass is 237 g/mol. The zero-order valence-corrected chi connectivity index (χ0v) is 9.86. The van der Waals surface area contributed by atoms with Crippen molar-refractivity contribution in [3.63, 3.8) is 0 Å². The van der Waals surface area contributed by atoms with Gasteiger partial charge in [-0.1, -0.05) is 6.07 Å². The van der Waals surface area contributed by atoms with Gasteiger partial charge in [-0.05, 0) is 12.1 Å². The van der Waals surface area contributed by atoms with Crippen molar-refractivity contribution in [1.82, 2.24) is 5.32 Å². The van der Waals surface area contributed by atoms with Crippen molar-refractivity contribution in [2.24, 2.45) is 0 Å². The summed E-state index contributed by atoms with van der Waals surface area (Å²) in [6.45, 7) is 1.24. The summed E-state index contributed by atoms with van der Waals surface area (Å²) in [6, 6.07) is 5.20. The van der Waals surface area contributed by atoms with Crippen LogP contribution >= 0.6 is 0 Å². The molecule has 92 valence electrons. The maximum Gasteiger partial charge on any atom is 0.255 e. The van der Waals surface area contributed by atoms with E-state index in [0.29, 0.717) is 23.6 Å². The Kier molecular flexibility index (Phi) is 3.49. The molecule has 0 radical (unpaired) electrons. The van der Waals surface area contributed by atoms with Gasteiger partial charge in [0.2, 0.25) is 0 Å². The Morgan fingerprint density at radius 1 is 1.47 bits per heavy atom. The Morgan fingerprint density at radius 2 is 2.24 bits per heavy atom. The lowest BCUT2D eigenvalue weighted by molar-refractivity contribution is 0.0946. The topological polar surface area (TPSA) is 60.1 Å². The number of methoxy groups -OCH3 is 2. The fourth-order valence-corrected chi connectivity index (χ4v) is 1.55. The van der Waals surface area contributed by atoms with Crippen molar-refractivity contribution in [2.45, 2.75) is 6.10 Å². The first kappa shape index (κ1) is 11.7. The summed E-state index contributed by atoms with van der Waals surface area (Å²) in [5, 5.41) is 2.79. The molecule has 1 aliphatic rings. The standard InChI is InChI=1S/C12H15NO4/c1-15-10-5-3-4-9(11(10)16-2)12(14)13-6-8-7-17-8/h3-5,8H,6-7H2,1-2H3,(H,13,14)/t8-/m1/s1. The highest BCUT2D eigenvalue weighted by atomic mass is 16.6. The highest BCUT2D eigenvalue weighted by Gasteiger charge is 2.24. The lowest BCUT2D eigenvalue weighted by atomic mass is 10.1. The van der Waals surface area contributed by atoms with Gasteiger partial charge in [-0.3, -0.25) is 4.79 Å². The molecule has 0 aromatic heterocycles. The molecular formula is C12H15NO4. The Hall–Kier alpha value is -1.75. The minimum Gasteiger partial charge on any atom is -0.493 e. The molecule has 1 atom stereocenters. The zero-order valence-electron chi connectivity index (χ0n) is 9.86. The quantitative estimate of drug-likeness (QED) is 0.771. The van der Waals surface area contributed by atoms with Gasteiger partial charge in [0.1, 0.15) is 0 Å². The second kappa shape index (κ2) is 5.05. The van der Waals surface area contributed by atoms with Gasteiger partial charge in [0.25, 0.3) is 5.91 Å². The number of amides is 1. The Balaban J connectivity index is 2.14. The molecule has 0 bridgehead atoms. The fraction of sp³-hybridized carbons (Fsp3) is 0.417. The highest BCUT2D eigenvalue weighted by Crippen LogP contribution is 2.30. The maximum absolute atomic E-state index is 11.9. The molecule has 0 saturated carbocycles. The van der Waals surface area contributed by atoms with Crippen molar-refractivity contribution in [1.29, 1.82) is 0 Å². The van der Waals surface area contributed by atoms with Crippen LogP contribution in [0, 0.1) is 0 Å². The Labute approximate surface area is 99.7 Å². The predicted molar refractivity (Wildman–Crippen MR) is 61.6 cm³/mol. The van der Waals surface area contributed by atoms with E-state index in [4.69, 9.17) is 14.2 Å². The number of epoxide rings is 1. The van der Waals surface area contributed by atoms with E-state index in [2.05, 4.69) is 5.32 Å². The van der Waals surface area contributed by atoms with Gasteiger partial charge in [0.15, 0.2) is 11.5 Å². The molecule has 0 spiro atoms. The van der Waals surface area contributed by atoms with Crippen molar-refractivity contribution >= 4 is 5.91 Å². The van der Waals surface area contributed by atoms with Gasteiger partial charge in [-0.15, -0.1) is 0 Å². The molecule has 1 N–H and O–H groups in total. The molecular weight excluding hydrogens is 222 g/mol. The Morgan fingerprint density at radius 3 is 2.82 bits per heavy atom. The normalized spacial score (nSPS) is 17.4. The summed E-state index contributed by atoms with van der Waals surface area (Å²) in [6.07, 6.45) is 0.163. The maximum atomic E-state index is 11.9. The summed E-state index contributed by atoms with van der Waals surface area (Å²) in [4.78, 5) is 11.9. The van der Waals surface area contributed by atoms with E-state index in [1.807, 2.05) is 0 Å².